The third kappa shape index (κ3) is 4.03. The number of carbonyl (C=O) groups excluding carboxylic acids is 2. The summed E-state index contributed by atoms with van der Waals surface area (Å²) in [6.07, 6.45) is 0.570. The van der Waals surface area contributed by atoms with Gasteiger partial charge in [0.1, 0.15) is 29.8 Å². The lowest BCUT2D eigenvalue weighted by Gasteiger charge is -2.08. The molecule has 1 aromatic heterocycles. The van der Waals surface area contributed by atoms with E-state index in [1.54, 1.807) is 31.4 Å². The molecule has 8 nitrogen and oxygen atoms in total. The maximum Gasteiger partial charge on any atom is 0.272 e. The lowest BCUT2D eigenvalue weighted by Crippen LogP contribution is -2.40. The summed E-state index contributed by atoms with van der Waals surface area (Å²) in [6, 6.07) is 6.14. The first-order chi connectivity index (χ1) is 12.1. The molecule has 2 amide bonds. The lowest BCUT2D eigenvalue weighted by atomic mass is 10.2. The molecule has 0 bridgehead atoms. The summed E-state index contributed by atoms with van der Waals surface area (Å²) < 4.78 is 10.7. The van der Waals surface area contributed by atoms with E-state index in [0.29, 0.717) is 35.2 Å². The van der Waals surface area contributed by atoms with Crippen molar-refractivity contribution in [2.75, 3.05) is 13.7 Å². The summed E-state index contributed by atoms with van der Waals surface area (Å²) in [5, 5.41) is 12.4. The number of amides is 2. The lowest BCUT2D eigenvalue weighted by molar-refractivity contribution is -0.120. The third-order valence-electron chi connectivity index (χ3n) is 3.74. The number of aromatic nitrogens is 2. The van der Waals surface area contributed by atoms with E-state index < -0.39 is 11.9 Å². The molecule has 1 aliphatic rings. The van der Waals surface area contributed by atoms with Crippen molar-refractivity contribution < 1.29 is 19.1 Å². The van der Waals surface area contributed by atoms with Gasteiger partial charge in [0.05, 0.1) is 17.8 Å². The van der Waals surface area contributed by atoms with Crippen LogP contribution in [0.4, 0.5) is 0 Å². The highest BCUT2D eigenvalue weighted by Gasteiger charge is 2.26. The predicted octanol–water partition coefficient (Wildman–Crippen LogP) is 1.27. The van der Waals surface area contributed by atoms with Gasteiger partial charge in [-0.2, -0.15) is 5.10 Å². The minimum Gasteiger partial charge on any atom is -0.497 e. The van der Waals surface area contributed by atoms with Gasteiger partial charge in [-0.05, 0) is 24.6 Å². The number of methoxy groups -OCH3 is 1. The van der Waals surface area contributed by atoms with Gasteiger partial charge in [0.15, 0.2) is 0 Å². The van der Waals surface area contributed by atoms with Gasteiger partial charge < -0.3 is 20.1 Å². The molecule has 1 aromatic carbocycles. The van der Waals surface area contributed by atoms with Crippen molar-refractivity contribution in [1.29, 1.82) is 0 Å². The molecule has 1 aliphatic heterocycles. The topological polar surface area (TPSA) is 105 Å². The first-order valence-electron chi connectivity index (χ1n) is 7.66. The smallest absolute Gasteiger partial charge is 0.272 e. The van der Waals surface area contributed by atoms with E-state index in [0.717, 1.165) is 0 Å². The Morgan fingerprint density at radius 3 is 2.96 bits per heavy atom. The third-order valence-corrected chi connectivity index (χ3v) is 4.04. The second-order valence-electron chi connectivity index (χ2n) is 5.47. The monoisotopic (exact) mass is 364 g/mol. The highest BCUT2D eigenvalue weighted by atomic mass is 35.5. The number of rotatable bonds is 6. The summed E-state index contributed by atoms with van der Waals surface area (Å²) in [5.41, 5.74) is 0.798. The van der Waals surface area contributed by atoms with Gasteiger partial charge in [0, 0.05) is 12.6 Å². The molecule has 9 heteroatoms. The molecule has 0 aliphatic carbocycles. The molecule has 3 rings (SSSR count). The van der Waals surface area contributed by atoms with Gasteiger partial charge in [-0.15, -0.1) is 0 Å². The van der Waals surface area contributed by atoms with Crippen LogP contribution in [0.1, 0.15) is 22.6 Å². The largest absolute Gasteiger partial charge is 0.497 e. The van der Waals surface area contributed by atoms with Crippen molar-refractivity contribution in [2.24, 2.45) is 0 Å². The minimum absolute atomic E-state index is 0.163. The van der Waals surface area contributed by atoms with Crippen molar-refractivity contribution >= 4 is 23.4 Å². The molecule has 3 N–H and O–H groups in total. The maximum atomic E-state index is 12.1. The van der Waals surface area contributed by atoms with Crippen LogP contribution in [0.15, 0.2) is 24.3 Å². The normalized spacial score (nSPS) is 16.4. The molecular weight excluding hydrogens is 348 g/mol. The number of benzene rings is 1. The van der Waals surface area contributed by atoms with E-state index in [-0.39, 0.29) is 18.2 Å². The summed E-state index contributed by atoms with van der Waals surface area (Å²) in [4.78, 5) is 23.6. The van der Waals surface area contributed by atoms with Gasteiger partial charge >= 0.3 is 0 Å². The average Bonchev–Trinajstić information content (AvgIpc) is 3.23. The molecule has 0 radical (unpaired) electrons. The van der Waals surface area contributed by atoms with Gasteiger partial charge in [-0.3, -0.25) is 14.7 Å². The number of hydrogen-bond acceptors (Lipinski definition) is 5. The summed E-state index contributed by atoms with van der Waals surface area (Å²) in [6.45, 7) is 0.725. The number of nitrogens with one attached hydrogen (secondary N) is 3. The molecule has 2 heterocycles. The second-order valence-corrected chi connectivity index (χ2v) is 5.88. The van der Waals surface area contributed by atoms with Crippen LogP contribution in [0.25, 0.3) is 0 Å². The van der Waals surface area contributed by atoms with Gasteiger partial charge in [-0.25, -0.2) is 0 Å². The van der Waals surface area contributed by atoms with E-state index in [4.69, 9.17) is 21.1 Å². The SMILES string of the molecule is COc1ccc(OCc2cc(C(=O)N[C@@H]3CCNC3=O)n[nH]2)c(Cl)c1. The molecule has 0 spiro atoms. The molecular formula is C16H17ClN4O4. The Hall–Kier alpha value is -2.74. The average molecular weight is 365 g/mol. The fourth-order valence-corrected chi connectivity index (χ4v) is 2.62. The summed E-state index contributed by atoms with van der Waals surface area (Å²) in [5.74, 6) is 0.535. The predicted molar refractivity (Wildman–Crippen MR) is 89.8 cm³/mol. The fraction of sp³-hybridized carbons (Fsp3) is 0.312. The van der Waals surface area contributed by atoms with Crippen LogP contribution in [-0.2, 0) is 11.4 Å². The van der Waals surface area contributed by atoms with Crippen molar-refractivity contribution in [3.63, 3.8) is 0 Å². The van der Waals surface area contributed by atoms with Crippen molar-refractivity contribution in [3.8, 4) is 11.5 Å². The van der Waals surface area contributed by atoms with Crippen LogP contribution < -0.4 is 20.1 Å². The number of carbonyl (C=O) groups is 2. The van der Waals surface area contributed by atoms with Gasteiger partial charge in [0.25, 0.3) is 5.91 Å². The zero-order chi connectivity index (χ0) is 17.8. The Bertz CT molecular complexity index is 792. The fourth-order valence-electron chi connectivity index (χ4n) is 2.40. The van der Waals surface area contributed by atoms with Gasteiger partial charge in [-0.1, -0.05) is 11.6 Å². The Labute approximate surface area is 148 Å². The molecule has 1 saturated heterocycles. The van der Waals surface area contributed by atoms with Crippen molar-refractivity contribution in [1.82, 2.24) is 20.8 Å². The summed E-state index contributed by atoms with van der Waals surface area (Å²) >= 11 is 6.11. The molecule has 2 aromatic rings. The van der Waals surface area contributed by atoms with E-state index >= 15 is 0 Å². The van der Waals surface area contributed by atoms with Crippen molar-refractivity contribution in [3.05, 3.63) is 40.7 Å². The minimum atomic E-state index is -0.512. The Balaban J connectivity index is 1.58. The Kier molecular flexibility index (Phi) is 5.08. The highest BCUT2D eigenvalue weighted by Crippen LogP contribution is 2.29. The van der Waals surface area contributed by atoms with Crippen LogP contribution in [-0.4, -0.2) is 41.7 Å². The Morgan fingerprint density at radius 1 is 1.44 bits per heavy atom. The number of hydrogen-bond donors (Lipinski definition) is 3. The zero-order valence-electron chi connectivity index (χ0n) is 13.5. The van der Waals surface area contributed by atoms with E-state index in [2.05, 4.69) is 20.8 Å². The van der Waals surface area contributed by atoms with Crippen LogP contribution >= 0.6 is 11.6 Å². The van der Waals surface area contributed by atoms with Crippen molar-refractivity contribution in [2.45, 2.75) is 19.1 Å². The number of H-pyrrole nitrogens is 1. The first-order valence-corrected chi connectivity index (χ1v) is 8.04. The highest BCUT2D eigenvalue weighted by molar-refractivity contribution is 6.32. The van der Waals surface area contributed by atoms with E-state index in [1.807, 2.05) is 0 Å². The first kappa shape index (κ1) is 17.1. The van der Waals surface area contributed by atoms with Crippen LogP contribution in [0, 0.1) is 0 Å². The van der Waals surface area contributed by atoms with Crippen LogP contribution in [0.2, 0.25) is 5.02 Å². The second kappa shape index (κ2) is 7.43. The molecule has 132 valence electrons. The molecule has 0 saturated carbocycles. The standard InChI is InChI=1S/C16H17ClN4O4/c1-24-10-2-3-14(11(17)7-10)25-8-9-6-13(21-20-9)16(23)19-12-4-5-18-15(12)22/h2-3,6-7,12H,4-5,8H2,1H3,(H,18,22)(H,19,23)(H,20,21)/t12-/m1/s1. The maximum absolute atomic E-state index is 12.1. The van der Waals surface area contributed by atoms with Crippen LogP contribution in [0.3, 0.4) is 0 Å². The zero-order valence-corrected chi connectivity index (χ0v) is 14.2. The number of ether oxygens (including phenoxy) is 2. The molecule has 1 fully saturated rings. The molecule has 1 atom stereocenters. The quantitative estimate of drug-likeness (QED) is 0.715. The van der Waals surface area contributed by atoms with Gasteiger partial charge in [0.2, 0.25) is 5.91 Å². The van der Waals surface area contributed by atoms with Crippen LogP contribution in [0.5, 0.6) is 11.5 Å². The number of nitrogens with zero attached hydrogens (tertiary/aromatic N) is 1. The Morgan fingerprint density at radius 2 is 2.28 bits per heavy atom. The van der Waals surface area contributed by atoms with E-state index in [1.165, 1.54) is 0 Å². The van der Waals surface area contributed by atoms with E-state index in [9.17, 15) is 9.59 Å². The molecule has 0 unspecified atom stereocenters. The summed E-state index contributed by atoms with van der Waals surface area (Å²) in [7, 11) is 1.55. The number of aromatic amines is 1. The molecule has 25 heavy (non-hydrogen) atoms. The number of halogens is 1.